The number of alkyl halides is 3. The van der Waals surface area contributed by atoms with Crippen molar-refractivity contribution in [3.8, 4) is 11.4 Å². The summed E-state index contributed by atoms with van der Waals surface area (Å²) in [6.45, 7) is 2.22. The highest BCUT2D eigenvalue weighted by Crippen LogP contribution is 2.37. The molecule has 1 aromatic carbocycles. The smallest absolute Gasteiger partial charge is 0.326 e. The molecule has 1 unspecified atom stereocenters. The highest BCUT2D eigenvalue weighted by atomic mass is 19.4. The zero-order valence-electron chi connectivity index (χ0n) is 12.8. The van der Waals surface area contributed by atoms with E-state index in [0.29, 0.717) is 30.0 Å². The number of nitrogens with two attached hydrogens (primary N) is 1. The van der Waals surface area contributed by atoms with Gasteiger partial charge < -0.3 is 5.73 Å². The molecule has 23 heavy (non-hydrogen) atoms. The van der Waals surface area contributed by atoms with Crippen LogP contribution in [0.1, 0.15) is 28.9 Å². The highest BCUT2D eigenvalue weighted by molar-refractivity contribution is 5.56. The number of fused-ring (bicyclic) bond motifs is 1. The van der Waals surface area contributed by atoms with E-state index in [9.17, 15) is 13.2 Å². The van der Waals surface area contributed by atoms with Gasteiger partial charge in [0.1, 0.15) is 0 Å². The van der Waals surface area contributed by atoms with E-state index in [2.05, 4.69) is 9.97 Å². The molecule has 1 atom stereocenters. The predicted molar refractivity (Wildman–Crippen MR) is 81.7 cm³/mol. The van der Waals surface area contributed by atoms with E-state index in [-0.39, 0.29) is 12.8 Å². The van der Waals surface area contributed by atoms with Crippen molar-refractivity contribution in [1.82, 2.24) is 9.97 Å². The number of benzene rings is 1. The van der Waals surface area contributed by atoms with Gasteiger partial charge in [-0.1, -0.05) is 24.3 Å². The fourth-order valence-corrected chi connectivity index (χ4v) is 2.99. The molecule has 0 aliphatic heterocycles. The molecule has 0 saturated heterocycles. The maximum absolute atomic E-state index is 12.9. The molecule has 0 saturated carbocycles. The third kappa shape index (κ3) is 3.22. The standard InChI is InChI=1S/C17H18F3N3/c1-10-14-8-13(17(18,19)20)6-7-15(14)23-16(22-10)12-4-2-11(9-21)3-5-12/h2-5,13H,6-9,21H2,1H3. The Labute approximate surface area is 132 Å². The Morgan fingerprint density at radius 2 is 1.87 bits per heavy atom. The fourth-order valence-electron chi connectivity index (χ4n) is 2.99. The number of hydrogen-bond donors (Lipinski definition) is 1. The molecule has 1 aliphatic rings. The van der Waals surface area contributed by atoms with Crippen molar-refractivity contribution in [2.75, 3.05) is 0 Å². The summed E-state index contributed by atoms with van der Waals surface area (Å²) >= 11 is 0. The van der Waals surface area contributed by atoms with E-state index in [4.69, 9.17) is 5.73 Å². The van der Waals surface area contributed by atoms with Crippen LogP contribution in [0.25, 0.3) is 11.4 Å². The minimum Gasteiger partial charge on any atom is -0.326 e. The highest BCUT2D eigenvalue weighted by Gasteiger charge is 2.42. The second kappa shape index (κ2) is 5.92. The molecule has 3 rings (SSSR count). The van der Waals surface area contributed by atoms with E-state index in [1.807, 2.05) is 24.3 Å². The first-order valence-corrected chi connectivity index (χ1v) is 7.61. The van der Waals surface area contributed by atoms with Crippen molar-refractivity contribution < 1.29 is 13.2 Å². The monoisotopic (exact) mass is 321 g/mol. The first-order chi connectivity index (χ1) is 10.9. The van der Waals surface area contributed by atoms with Gasteiger partial charge in [-0.2, -0.15) is 13.2 Å². The van der Waals surface area contributed by atoms with Gasteiger partial charge in [0.05, 0.1) is 5.92 Å². The van der Waals surface area contributed by atoms with Crippen LogP contribution in [0.2, 0.25) is 0 Å². The van der Waals surface area contributed by atoms with Gasteiger partial charge in [-0.25, -0.2) is 9.97 Å². The molecule has 0 amide bonds. The van der Waals surface area contributed by atoms with Crippen molar-refractivity contribution in [3.63, 3.8) is 0 Å². The molecule has 1 heterocycles. The van der Waals surface area contributed by atoms with Crippen LogP contribution in [0, 0.1) is 12.8 Å². The Morgan fingerprint density at radius 3 is 2.48 bits per heavy atom. The second-order valence-corrected chi connectivity index (χ2v) is 5.94. The first kappa shape index (κ1) is 15.9. The summed E-state index contributed by atoms with van der Waals surface area (Å²) in [6, 6.07) is 7.61. The minimum atomic E-state index is -4.15. The van der Waals surface area contributed by atoms with Crippen molar-refractivity contribution in [2.24, 2.45) is 11.7 Å². The molecule has 1 aliphatic carbocycles. The van der Waals surface area contributed by atoms with E-state index < -0.39 is 12.1 Å². The fraction of sp³-hybridized carbons (Fsp3) is 0.412. The Balaban J connectivity index is 1.94. The first-order valence-electron chi connectivity index (χ1n) is 7.61. The van der Waals surface area contributed by atoms with Crippen LogP contribution in [-0.4, -0.2) is 16.1 Å². The third-order valence-corrected chi connectivity index (χ3v) is 4.39. The zero-order valence-corrected chi connectivity index (χ0v) is 12.8. The molecule has 0 bridgehead atoms. The molecular weight excluding hydrogens is 303 g/mol. The summed E-state index contributed by atoms with van der Waals surface area (Å²) in [6.07, 6.45) is -3.73. The van der Waals surface area contributed by atoms with E-state index in [1.165, 1.54) is 0 Å². The van der Waals surface area contributed by atoms with Gasteiger partial charge in [-0.15, -0.1) is 0 Å². The number of halogens is 3. The molecule has 0 spiro atoms. The van der Waals surface area contributed by atoms with Gasteiger partial charge >= 0.3 is 6.18 Å². The van der Waals surface area contributed by atoms with Gasteiger partial charge in [-0.3, -0.25) is 0 Å². The average molecular weight is 321 g/mol. The largest absolute Gasteiger partial charge is 0.392 e. The van der Waals surface area contributed by atoms with Gasteiger partial charge in [0.2, 0.25) is 0 Å². The van der Waals surface area contributed by atoms with Crippen molar-refractivity contribution in [3.05, 3.63) is 46.8 Å². The van der Waals surface area contributed by atoms with Crippen LogP contribution in [0.15, 0.2) is 24.3 Å². The van der Waals surface area contributed by atoms with Crippen LogP contribution >= 0.6 is 0 Å². The molecule has 2 N–H and O–H groups in total. The predicted octanol–water partition coefficient (Wildman–Crippen LogP) is 3.58. The number of nitrogens with zero attached hydrogens (tertiary/aromatic N) is 2. The molecule has 6 heteroatoms. The van der Waals surface area contributed by atoms with Crippen molar-refractivity contribution in [2.45, 2.75) is 38.9 Å². The van der Waals surface area contributed by atoms with Crippen molar-refractivity contribution >= 4 is 0 Å². The van der Waals surface area contributed by atoms with Gasteiger partial charge in [-0.05, 0) is 37.3 Å². The summed E-state index contributed by atoms with van der Waals surface area (Å²) in [5.74, 6) is -0.720. The SMILES string of the molecule is Cc1nc(-c2ccc(CN)cc2)nc2c1CC(C(F)(F)F)CC2. The summed E-state index contributed by atoms with van der Waals surface area (Å²) < 4.78 is 38.8. The summed E-state index contributed by atoms with van der Waals surface area (Å²) in [7, 11) is 0. The van der Waals surface area contributed by atoms with Crippen LogP contribution in [0.5, 0.6) is 0 Å². The Bertz CT molecular complexity index is 708. The lowest BCUT2D eigenvalue weighted by atomic mass is 9.85. The van der Waals surface area contributed by atoms with E-state index in [1.54, 1.807) is 6.92 Å². The number of rotatable bonds is 2. The lowest BCUT2D eigenvalue weighted by Gasteiger charge is -2.27. The summed E-state index contributed by atoms with van der Waals surface area (Å²) in [5, 5.41) is 0. The quantitative estimate of drug-likeness (QED) is 0.920. The molecule has 0 radical (unpaired) electrons. The lowest BCUT2D eigenvalue weighted by molar-refractivity contribution is -0.177. The van der Waals surface area contributed by atoms with Gasteiger partial charge in [0.15, 0.2) is 5.82 Å². The molecule has 0 fully saturated rings. The Kier molecular flexibility index (Phi) is 4.10. The van der Waals surface area contributed by atoms with E-state index in [0.717, 1.165) is 16.8 Å². The van der Waals surface area contributed by atoms with E-state index >= 15 is 0 Å². The van der Waals surface area contributed by atoms with Crippen LogP contribution in [0.3, 0.4) is 0 Å². The normalized spacial score (nSPS) is 17.9. The number of hydrogen-bond acceptors (Lipinski definition) is 3. The average Bonchev–Trinajstić information content (AvgIpc) is 2.53. The van der Waals surface area contributed by atoms with Gasteiger partial charge in [0, 0.05) is 23.5 Å². The summed E-state index contributed by atoms with van der Waals surface area (Å²) in [5.41, 5.74) is 9.48. The second-order valence-electron chi connectivity index (χ2n) is 5.94. The van der Waals surface area contributed by atoms with Crippen LogP contribution in [0.4, 0.5) is 13.2 Å². The van der Waals surface area contributed by atoms with Crippen LogP contribution < -0.4 is 5.73 Å². The molecule has 2 aromatic rings. The molecule has 1 aromatic heterocycles. The maximum atomic E-state index is 12.9. The number of aromatic nitrogens is 2. The lowest BCUT2D eigenvalue weighted by Crippen LogP contribution is -2.30. The zero-order chi connectivity index (χ0) is 16.6. The van der Waals surface area contributed by atoms with Gasteiger partial charge in [0.25, 0.3) is 0 Å². The molecular formula is C17H18F3N3. The third-order valence-electron chi connectivity index (χ3n) is 4.39. The number of aryl methyl sites for hydroxylation is 2. The Hall–Kier alpha value is -1.95. The Morgan fingerprint density at radius 1 is 1.17 bits per heavy atom. The van der Waals surface area contributed by atoms with Crippen LogP contribution in [-0.2, 0) is 19.4 Å². The van der Waals surface area contributed by atoms with Crippen molar-refractivity contribution in [1.29, 1.82) is 0 Å². The topological polar surface area (TPSA) is 51.8 Å². The molecule has 122 valence electrons. The molecule has 3 nitrogen and oxygen atoms in total. The minimum absolute atomic E-state index is 0.0168. The summed E-state index contributed by atoms with van der Waals surface area (Å²) in [4.78, 5) is 8.93. The maximum Gasteiger partial charge on any atom is 0.392 e.